The number of nitrogens with one attached hydrogen (secondary N) is 1. The molecule has 32 heavy (non-hydrogen) atoms. The minimum absolute atomic E-state index is 0.161. The third-order valence-electron chi connectivity index (χ3n) is 5.01. The second kappa shape index (κ2) is 13.6. The molecule has 6 nitrogen and oxygen atoms in total. The van der Waals surface area contributed by atoms with Gasteiger partial charge in [-0.05, 0) is 56.9 Å². The molecule has 0 unspecified atom stereocenters. The number of hydrogen-bond acceptors (Lipinski definition) is 5. The first-order valence-corrected chi connectivity index (χ1v) is 13.2. The van der Waals surface area contributed by atoms with Gasteiger partial charge in [0.25, 0.3) is 0 Å². The molecule has 0 heterocycles. The molecule has 0 saturated carbocycles. The Morgan fingerprint density at radius 2 is 1.69 bits per heavy atom. The molecule has 0 fully saturated rings. The van der Waals surface area contributed by atoms with Gasteiger partial charge in [0.1, 0.15) is 12.4 Å². The van der Waals surface area contributed by atoms with E-state index in [1.807, 2.05) is 55.4 Å². The van der Waals surface area contributed by atoms with Gasteiger partial charge in [-0.15, -0.1) is 0 Å². The predicted molar refractivity (Wildman–Crippen MR) is 136 cm³/mol. The van der Waals surface area contributed by atoms with Crippen LogP contribution in [0.5, 0.6) is 5.75 Å². The number of unbranched alkanes of at least 4 members (excludes halogenated alkanes) is 3. The van der Waals surface area contributed by atoms with Gasteiger partial charge in [-0.3, -0.25) is 4.31 Å². The van der Waals surface area contributed by atoms with E-state index in [0.29, 0.717) is 43.4 Å². The van der Waals surface area contributed by atoms with Crippen LogP contribution in [0.15, 0.2) is 48.5 Å². The van der Waals surface area contributed by atoms with Gasteiger partial charge in [-0.1, -0.05) is 49.9 Å². The maximum absolute atomic E-state index is 13.2. The quantitative estimate of drug-likeness (QED) is 0.358. The number of ether oxygens (including phenoxy) is 1. The fourth-order valence-electron chi connectivity index (χ4n) is 3.25. The lowest BCUT2D eigenvalue weighted by Gasteiger charge is -2.28. The van der Waals surface area contributed by atoms with E-state index in [4.69, 9.17) is 16.3 Å². The molecule has 0 bridgehead atoms. The van der Waals surface area contributed by atoms with Gasteiger partial charge >= 0.3 is 0 Å². The molecule has 0 aromatic heterocycles. The maximum atomic E-state index is 13.2. The molecule has 2 aromatic carbocycles. The van der Waals surface area contributed by atoms with Gasteiger partial charge in [0.15, 0.2) is 0 Å². The second-order valence-corrected chi connectivity index (χ2v) is 10.4. The van der Waals surface area contributed by atoms with Crippen LogP contribution in [0.3, 0.4) is 0 Å². The molecule has 0 radical (unpaired) electrons. The smallest absolute Gasteiger partial charge is 0.235 e. The fraction of sp³-hybridized carbons (Fsp3) is 0.500. The summed E-state index contributed by atoms with van der Waals surface area (Å²) in [5.74, 6) is 0.904. The van der Waals surface area contributed by atoms with Gasteiger partial charge in [0.2, 0.25) is 10.0 Å². The Morgan fingerprint density at radius 1 is 0.969 bits per heavy atom. The molecule has 0 amide bonds. The number of rotatable bonds is 15. The van der Waals surface area contributed by atoms with E-state index in [-0.39, 0.29) is 5.75 Å². The van der Waals surface area contributed by atoms with E-state index in [9.17, 15) is 8.42 Å². The highest BCUT2D eigenvalue weighted by atomic mass is 35.5. The largest absolute Gasteiger partial charge is 0.492 e. The third kappa shape index (κ3) is 8.88. The second-order valence-electron chi connectivity index (χ2n) is 8.00. The molecule has 178 valence electrons. The van der Waals surface area contributed by atoms with Crippen LogP contribution >= 0.6 is 11.6 Å². The van der Waals surface area contributed by atoms with Crippen LogP contribution in [-0.2, 0) is 10.0 Å². The average molecular weight is 482 g/mol. The molecular formula is C24H36ClN3O3S. The Balaban J connectivity index is 2.08. The summed E-state index contributed by atoms with van der Waals surface area (Å²) in [5.41, 5.74) is 1.46. The molecule has 0 saturated heterocycles. The van der Waals surface area contributed by atoms with E-state index in [1.165, 1.54) is 0 Å². The standard InChI is InChI=1S/C24H36ClN3O3S/c1-4-5-6-9-20-32(29,30)28(18-17-27(2)3)24-11-8-7-10-23(24)26-16-19-31-22-14-12-21(25)13-15-22/h7-8,10-15,26H,4-6,9,16-20H2,1-3H3. The van der Waals surface area contributed by atoms with Crippen LogP contribution in [0.4, 0.5) is 11.4 Å². The maximum Gasteiger partial charge on any atom is 0.235 e. The number of nitrogens with zero attached hydrogens (tertiary/aromatic N) is 2. The Morgan fingerprint density at radius 3 is 2.38 bits per heavy atom. The van der Waals surface area contributed by atoms with Crippen molar-refractivity contribution in [3.63, 3.8) is 0 Å². The minimum Gasteiger partial charge on any atom is -0.492 e. The number of benzene rings is 2. The van der Waals surface area contributed by atoms with Crippen molar-refractivity contribution in [1.82, 2.24) is 4.90 Å². The number of likely N-dealkylation sites (N-methyl/N-ethyl adjacent to an activating group) is 1. The lowest BCUT2D eigenvalue weighted by atomic mass is 10.2. The summed E-state index contributed by atoms with van der Waals surface area (Å²) in [6, 6.07) is 14.8. The normalized spacial score (nSPS) is 11.5. The molecule has 0 aliphatic carbocycles. The van der Waals surface area contributed by atoms with Crippen LogP contribution in [-0.4, -0.2) is 59.4 Å². The van der Waals surface area contributed by atoms with Crippen molar-refractivity contribution in [2.75, 3.05) is 55.7 Å². The first kappa shape index (κ1) is 26.3. The van der Waals surface area contributed by atoms with Crippen LogP contribution < -0.4 is 14.4 Å². The summed E-state index contributed by atoms with van der Waals surface area (Å²) in [6.07, 6.45) is 3.74. The van der Waals surface area contributed by atoms with Gasteiger partial charge in [-0.2, -0.15) is 0 Å². The van der Waals surface area contributed by atoms with Gasteiger partial charge < -0.3 is 15.0 Å². The van der Waals surface area contributed by atoms with Crippen molar-refractivity contribution in [3.8, 4) is 5.75 Å². The van der Waals surface area contributed by atoms with E-state index in [2.05, 4.69) is 12.2 Å². The van der Waals surface area contributed by atoms with Crippen molar-refractivity contribution >= 4 is 33.0 Å². The first-order valence-electron chi connectivity index (χ1n) is 11.2. The zero-order valence-corrected chi connectivity index (χ0v) is 21.0. The Kier molecular flexibility index (Phi) is 11.1. The topological polar surface area (TPSA) is 61.9 Å². The summed E-state index contributed by atoms with van der Waals surface area (Å²) < 4.78 is 33.8. The third-order valence-corrected chi connectivity index (χ3v) is 7.12. The van der Waals surface area contributed by atoms with E-state index < -0.39 is 10.0 Å². The molecule has 8 heteroatoms. The SMILES string of the molecule is CCCCCCS(=O)(=O)N(CCN(C)C)c1ccccc1NCCOc1ccc(Cl)cc1. The van der Waals surface area contributed by atoms with E-state index >= 15 is 0 Å². The predicted octanol–water partition coefficient (Wildman–Crippen LogP) is 5.11. The number of hydrogen-bond donors (Lipinski definition) is 1. The minimum atomic E-state index is -3.43. The number of para-hydroxylation sites is 2. The monoisotopic (exact) mass is 481 g/mol. The zero-order valence-electron chi connectivity index (χ0n) is 19.4. The Hall–Kier alpha value is -1.96. The number of anilines is 2. The summed E-state index contributed by atoms with van der Waals surface area (Å²) in [5, 5.41) is 4.01. The molecule has 0 atom stereocenters. The van der Waals surface area contributed by atoms with Crippen LogP contribution in [0.2, 0.25) is 5.02 Å². The zero-order chi connectivity index (χ0) is 23.4. The molecular weight excluding hydrogens is 446 g/mol. The van der Waals surface area contributed by atoms with Crippen LogP contribution in [0, 0.1) is 0 Å². The van der Waals surface area contributed by atoms with Crippen molar-refractivity contribution in [2.45, 2.75) is 32.6 Å². The molecule has 2 aromatic rings. The molecule has 0 aliphatic rings. The first-order chi connectivity index (χ1) is 15.3. The summed E-state index contributed by atoms with van der Waals surface area (Å²) in [4.78, 5) is 2.00. The van der Waals surface area contributed by atoms with E-state index in [1.54, 1.807) is 16.4 Å². The highest BCUT2D eigenvalue weighted by molar-refractivity contribution is 7.92. The van der Waals surface area contributed by atoms with Crippen molar-refractivity contribution in [3.05, 3.63) is 53.6 Å². The molecule has 2 rings (SSSR count). The molecule has 0 spiro atoms. The highest BCUT2D eigenvalue weighted by Gasteiger charge is 2.24. The molecule has 0 aliphatic heterocycles. The Bertz CT molecular complexity index is 905. The van der Waals surface area contributed by atoms with Crippen LogP contribution in [0.25, 0.3) is 0 Å². The summed E-state index contributed by atoms with van der Waals surface area (Å²) in [6.45, 7) is 4.15. The lowest BCUT2D eigenvalue weighted by molar-refractivity contribution is 0.333. The van der Waals surface area contributed by atoms with E-state index in [0.717, 1.165) is 30.7 Å². The van der Waals surface area contributed by atoms with Crippen molar-refractivity contribution in [2.24, 2.45) is 0 Å². The number of sulfonamides is 1. The number of halogens is 1. The Labute approximate surface area is 198 Å². The average Bonchev–Trinajstić information content (AvgIpc) is 2.76. The van der Waals surface area contributed by atoms with Crippen LogP contribution in [0.1, 0.15) is 32.6 Å². The van der Waals surface area contributed by atoms with Gasteiger partial charge in [-0.25, -0.2) is 8.42 Å². The highest BCUT2D eigenvalue weighted by Crippen LogP contribution is 2.28. The van der Waals surface area contributed by atoms with Crippen molar-refractivity contribution in [1.29, 1.82) is 0 Å². The summed E-state index contributed by atoms with van der Waals surface area (Å²) in [7, 11) is 0.469. The van der Waals surface area contributed by atoms with Gasteiger partial charge in [0, 0.05) is 24.7 Å². The lowest BCUT2D eigenvalue weighted by Crippen LogP contribution is -2.38. The van der Waals surface area contributed by atoms with Crippen molar-refractivity contribution < 1.29 is 13.2 Å². The molecule has 1 N–H and O–H groups in total. The fourth-order valence-corrected chi connectivity index (χ4v) is 4.98. The van der Waals surface area contributed by atoms with Gasteiger partial charge in [0.05, 0.1) is 17.1 Å². The summed E-state index contributed by atoms with van der Waals surface area (Å²) >= 11 is 5.90.